The second-order valence-corrected chi connectivity index (χ2v) is 6.28. The number of hydrogen-bond acceptors (Lipinski definition) is 1. The van der Waals surface area contributed by atoms with Gasteiger partial charge in [-0.1, -0.05) is 55.8 Å². The van der Waals surface area contributed by atoms with E-state index in [9.17, 15) is 0 Å². The number of unbranched alkanes of at least 4 members (excludes halogenated alkanes) is 1. The fourth-order valence-electron chi connectivity index (χ4n) is 2.53. The number of benzene rings is 2. The molecule has 0 bridgehead atoms. The van der Waals surface area contributed by atoms with E-state index in [0.29, 0.717) is 5.11 Å². The Kier molecular flexibility index (Phi) is 7.08. The van der Waals surface area contributed by atoms with Gasteiger partial charge in [0.2, 0.25) is 0 Å². The van der Waals surface area contributed by atoms with Gasteiger partial charge in [-0.15, -0.1) is 0 Å². The summed E-state index contributed by atoms with van der Waals surface area (Å²) in [4.78, 5) is 0. The number of anilines is 1. The molecule has 0 unspecified atom stereocenters. The molecule has 0 aromatic heterocycles. The molecule has 0 aliphatic rings. The molecule has 23 heavy (non-hydrogen) atoms. The molecule has 0 amide bonds. The van der Waals surface area contributed by atoms with Gasteiger partial charge in [-0.05, 0) is 61.2 Å². The van der Waals surface area contributed by atoms with Gasteiger partial charge in [-0.2, -0.15) is 0 Å². The summed E-state index contributed by atoms with van der Waals surface area (Å²) in [5.41, 5.74) is 5.05. The van der Waals surface area contributed by atoms with Crippen LogP contribution in [0.15, 0.2) is 48.5 Å². The summed E-state index contributed by atoms with van der Waals surface area (Å²) in [6.07, 6.45) is 4.59. The molecule has 0 aliphatic carbocycles. The van der Waals surface area contributed by atoms with Gasteiger partial charge in [-0.3, -0.25) is 0 Å². The maximum atomic E-state index is 5.39. The zero-order valence-corrected chi connectivity index (χ0v) is 14.9. The van der Waals surface area contributed by atoms with Gasteiger partial charge in [0.15, 0.2) is 5.11 Å². The molecular formula is C20H26N2S. The Hall–Kier alpha value is -1.87. The monoisotopic (exact) mass is 326 g/mol. The predicted molar refractivity (Wildman–Crippen MR) is 104 cm³/mol. The number of aryl methyl sites for hydroxylation is 2. The summed E-state index contributed by atoms with van der Waals surface area (Å²) in [5, 5.41) is 7.26. The zero-order valence-electron chi connectivity index (χ0n) is 14.1. The van der Waals surface area contributed by atoms with E-state index in [4.69, 9.17) is 12.2 Å². The van der Waals surface area contributed by atoms with Crippen LogP contribution in [0.25, 0.3) is 0 Å². The molecule has 2 rings (SSSR count). The van der Waals surface area contributed by atoms with Gasteiger partial charge < -0.3 is 10.6 Å². The van der Waals surface area contributed by atoms with E-state index in [1.54, 1.807) is 0 Å². The van der Waals surface area contributed by atoms with E-state index in [1.807, 2.05) is 6.07 Å². The fourth-order valence-corrected chi connectivity index (χ4v) is 2.75. The summed E-state index contributed by atoms with van der Waals surface area (Å²) in [6.45, 7) is 5.19. The average Bonchev–Trinajstić information content (AvgIpc) is 2.56. The lowest BCUT2D eigenvalue weighted by Gasteiger charge is -2.13. The Bertz CT molecular complexity index is 623. The molecule has 0 heterocycles. The molecule has 0 saturated heterocycles. The molecule has 2 N–H and O–H groups in total. The second kappa shape index (κ2) is 9.31. The molecule has 0 saturated carbocycles. The van der Waals surface area contributed by atoms with Gasteiger partial charge in [0.25, 0.3) is 0 Å². The number of thiocarbonyl (C=S) groups is 1. The first-order chi connectivity index (χ1) is 11.2. The molecule has 0 spiro atoms. The fraction of sp³-hybridized carbons (Fsp3) is 0.350. The molecular weight excluding hydrogens is 300 g/mol. The summed E-state index contributed by atoms with van der Waals surface area (Å²) >= 11 is 5.39. The number of hydrogen-bond donors (Lipinski definition) is 2. The Morgan fingerprint density at radius 3 is 2.48 bits per heavy atom. The number of nitrogens with one attached hydrogen (secondary N) is 2. The van der Waals surface area contributed by atoms with Crippen molar-refractivity contribution in [3.8, 4) is 0 Å². The van der Waals surface area contributed by atoms with Crippen molar-refractivity contribution >= 4 is 23.0 Å². The lowest BCUT2D eigenvalue weighted by atomic mass is 10.0. The van der Waals surface area contributed by atoms with Crippen molar-refractivity contribution in [1.29, 1.82) is 0 Å². The summed E-state index contributed by atoms with van der Waals surface area (Å²) in [5.74, 6) is 0. The molecule has 0 fully saturated rings. The van der Waals surface area contributed by atoms with Crippen molar-refractivity contribution in [2.24, 2.45) is 0 Å². The summed E-state index contributed by atoms with van der Waals surface area (Å²) < 4.78 is 0. The van der Waals surface area contributed by atoms with Gasteiger partial charge >= 0.3 is 0 Å². The van der Waals surface area contributed by atoms with Crippen LogP contribution in [0.4, 0.5) is 5.69 Å². The molecule has 2 aromatic carbocycles. The highest BCUT2D eigenvalue weighted by Gasteiger charge is 2.03. The van der Waals surface area contributed by atoms with E-state index in [-0.39, 0.29) is 0 Å². The molecule has 0 aliphatic heterocycles. The van der Waals surface area contributed by atoms with Crippen molar-refractivity contribution in [3.05, 3.63) is 65.2 Å². The number of rotatable bonds is 7. The SMILES string of the molecule is CCCCc1ccc(NC(=S)NCCc2ccccc2)c(C)c1. The molecule has 122 valence electrons. The lowest BCUT2D eigenvalue weighted by molar-refractivity contribution is 0.794. The third-order valence-electron chi connectivity index (χ3n) is 3.90. The van der Waals surface area contributed by atoms with E-state index in [1.165, 1.54) is 29.5 Å². The third-order valence-corrected chi connectivity index (χ3v) is 4.15. The Morgan fingerprint density at radius 2 is 1.78 bits per heavy atom. The van der Waals surface area contributed by atoms with E-state index in [0.717, 1.165) is 25.1 Å². The van der Waals surface area contributed by atoms with Gasteiger partial charge in [0, 0.05) is 12.2 Å². The first-order valence-electron chi connectivity index (χ1n) is 8.37. The third kappa shape index (κ3) is 6.03. The molecule has 2 nitrogen and oxygen atoms in total. The molecule has 0 radical (unpaired) electrons. The van der Waals surface area contributed by atoms with Crippen LogP contribution in [-0.2, 0) is 12.8 Å². The molecule has 2 aromatic rings. The smallest absolute Gasteiger partial charge is 0.170 e. The Labute approximate surface area is 145 Å². The highest BCUT2D eigenvalue weighted by molar-refractivity contribution is 7.80. The van der Waals surface area contributed by atoms with Crippen LogP contribution in [0, 0.1) is 6.92 Å². The van der Waals surface area contributed by atoms with Crippen molar-refractivity contribution in [3.63, 3.8) is 0 Å². The van der Waals surface area contributed by atoms with Crippen LogP contribution in [0.5, 0.6) is 0 Å². The topological polar surface area (TPSA) is 24.1 Å². The Balaban J connectivity index is 1.80. The van der Waals surface area contributed by atoms with Crippen LogP contribution in [-0.4, -0.2) is 11.7 Å². The summed E-state index contributed by atoms with van der Waals surface area (Å²) in [7, 11) is 0. The van der Waals surface area contributed by atoms with Crippen LogP contribution in [0.1, 0.15) is 36.5 Å². The predicted octanol–water partition coefficient (Wildman–Crippen LogP) is 4.87. The largest absolute Gasteiger partial charge is 0.362 e. The van der Waals surface area contributed by atoms with Crippen molar-refractivity contribution in [2.75, 3.05) is 11.9 Å². The van der Waals surface area contributed by atoms with Crippen molar-refractivity contribution in [2.45, 2.75) is 39.5 Å². The maximum Gasteiger partial charge on any atom is 0.170 e. The first-order valence-corrected chi connectivity index (χ1v) is 8.78. The second-order valence-electron chi connectivity index (χ2n) is 5.87. The highest BCUT2D eigenvalue weighted by Crippen LogP contribution is 2.17. The minimum Gasteiger partial charge on any atom is -0.362 e. The Morgan fingerprint density at radius 1 is 1.00 bits per heavy atom. The van der Waals surface area contributed by atoms with Gasteiger partial charge in [-0.25, -0.2) is 0 Å². The van der Waals surface area contributed by atoms with Gasteiger partial charge in [0.05, 0.1) is 0 Å². The van der Waals surface area contributed by atoms with Crippen LogP contribution in [0.3, 0.4) is 0 Å². The lowest BCUT2D eigenvalue weighted by Crippen LogP contribution is -2.30. The standard InChI is InChI=1S/C20H26N2S/c1-3-4-8-18-11-12-19(16(2)15-18)22-20(23)21-14-13-17-9-6-5-7-10-17/h5-7,9-12,15H,3-4,8,13-14H2,1-2H3,(H2,21,22,23). The summed E-state index contributed by atoms with van der Waals surface area (Å²) in [6, 6.07) is 17.0. The average molecular weight is 327 g/mol. The van der Waals surface area contributed by atoms with Crippen LogP contribution >= 0.6 is 12.2 Å². The zero-order chi connectivity index (χ0) is 16.5. The minimum atomic E-state index is 0.685. The highest BCUT2D eigenvalue weighted by atomic mass is 32.1. The normalized spacial score (nSPS) is 10.3. The maximum absolute atomic E-state index is 5.39. The van der Waals surface area contributed by atoms with E-state index in [2.05, 4.69) is 66.9 Å². The van der Waals surface area contributed by atoms with Gasteiger partial charge in [0.1, 0.15) is 0 Å². The first kappa shape index (κ1) is 17.5. The van der Waals surface area contributed by atoms with E-state index >= 15 is 0 Å². The van der Waals surface area contributed by atoms with E-state index < -0.39 is 0 Å². The molecule has 0 atom stereocenters. The minimum absolute atomic E-state index is 0.685. The van der Waals surface area contributed by atoms with Crippen molar-refractivity contribution in [1.82, 2.24) is 5.32 Å². The molecule has 3 heteroatoms. The quantitative estimate of drug-likeness (QED) is 0.710. The van der Waals surface area contributed by atoms with Crippen molar-refractivity contribution < 1.29 is 0 Å². The van der Waals surface area contributed by atoms with Crippen LogP contribution in [0.2, 0.25) is 0 Å². The van der Waals surface area contributed by atoms with Crippen LogP contribution < -0.4 is 10.6 Å².